The highest BCUT2D eigenvalue weighted by atomic mass is 16.5. The van der Waals surface area contributed by atoms with E-state index in [-0.39, 0.29) is 12.1 Å². The summed E-state index contributed by atoms with van der Waals surface area (Å²) in [6, 6.07) is 11.5. The third-order valence-corrected chi connectivity index (χ3v) is 3.44. The number of hydrogen-bond donors (Lipinski definition) is 2. The van der Waals surface area contributed by atoms with Crippen molar-refractivity contribution in [2.24, 2.45) is 0 Å². The van der Waals surface area contributed by atoms with Crippen molar-refractivity contribution in [1.82, 2.24) is 10.6 Å². The van der Waals surface area contributed by atoms with E-state index in [2.05, 4.69) is 16.7 Å². The average Bonchev–Trinajstić information content (AvgIpc) is 3.13. The maximum atomic E-state index is 11.7. The van der Waals surface area contributed by atoms with E-state index >= 15 is 0 Å². The van der Waals surface area contributed by atoms with E-state index < -0.39 is 0 Å². The number of rotatable bonds is 5. The van der Waals surface area contributed by atoms with Gasteiger partial charge in [0.15, 0.2) is 0 Å². The summed E-state index contributed by atoms with van der Waals surface area (Å²) in [6.45, 7) is 1.05. The maximum Gasteiger partial charge on any atom is 0.314 e. The zero-order valence-corrected chi connectivity index (χ0v) is 11.7. The van der Waals surface area contributed by atoms with Crippen LogP contribution in [0.3, 0.4) is 0 Å². The molecule has 110 valence electrons. The molecule has 1 aromatic carbocycles. The number of para-hydroxylation sites is 1. The predicted molar refractivity (Wildman–Crippen MR) is 78.4 cm³/mol. The van der Waals surface area contributed by atoms with Crippen molar-refractivity contribution in [1.29, 1.82) is 0 Å². The van der Waals surface area contributed by atoms with E-state index in [4.69, 9.17) is 9.15 Å². The molecule has 21 heavy (non-hydrogen) atoms. The molecule has 0 bridgehead atoms. The summed E-state index contributed by atoms with van der Waals surface area (Å²) in [5.41, 5.74) is 1.20. The van der Waals surface area contributed by atoms with Gasteiger partial charge in [0.25, 0.3) is 0 Å². The number of carbonyl (C=O) groups excluding carboxylic acids is 1. The van der Waals surface area contributed by atoms with Crippen LogP contribution in [0.25, 0.3) is 0 Å². The second-order valence-corrected chi connectivity index (χ2v) is 5.02. The smallest absolute Gasteiger partial charge is 0.314 e. The molecule has 1 aromatic heterocycles. The molecule has 2 aromatic rings. The van der Waals surface area contributed by atoms with Gasteiger partial charge < -0.3 is 19.8 Å². The Hall–Kier alpha value is -2.43. The van der Waals surface area contributed by atoms with Crippen LogP contribution in [0.2, 0.25) is 0 Å². The Labute approximate surface area is 123 Å². The van der Waals surface area contributed by atoms with Gasteiger partial charge in [-0.05, 0) is 23.8 Å². The second kappa shape index (κ2) is 6.35. The van der Waals surface area contributed by atoms with Crippen molar-refractivity contribution in [3.05, 3.63) is 54.0 Å². The topological polar surface area (TPSA) is 63.5 Å². The Morgan fingerprint density at radius 2 is 2.10 bits per heavy atom. The summed E-state index contributed by atoms with van der Waals surface area (Å²) in [7, 11) is 0. The van der Waals surface area contributed by atoms with Gasteiger partial charge in [-0.15, -0.1) is 0 Å². The van der Waals surface area contributed by atoms with E-state index in [9.17, 15) is 4.79 Å². The number of urea groups is 1. The molecule has 0 fully saturated rings. The van der Waals surface area contributed by atoms with Gasteiger partial charge in [0, 0.05) is 19.4 Å². The third-order valence-electron chi connectivity index (χ3n) is 3.44. The van der Waals surface area contributed by atoms with E-state index in [0.29, 0.717) is 19.5 Å². The van der Waals surface area contributed by atoms with Crippen LogP contribution in [0.4, 0.5) is 4.79 Å². The first-order valence-corrected chi connectivity index (χ1v) is 7.10. The lowest BCUT2D eigenvalue weighted by molar-refractivity contribution is 0.214. The monoisotopic (exact) mass is 286 g/mol. The molecular weight excluding hydrogens is 268 g/mol. The molecule has 2 N–H and O–H groups in total. The van der Waals surface area contributed by atoms with Crippen LogP contribution < -0.4 is 15.4 Å². The molecule has 5 nitrogen and oxygen atoms in total. The van der Waals surface area contributed by atoms with Crippen LogP contribution in [0.15, 0.2) is 47.1 Å². The normalized spacial score (nSPS) is 16.1. The van der Waals surface area contributed by atoms with Crippen LogP contribution in [0.5, 0.6) is 5.75 Å². The minimum absolute atomic E-state index is 0.0122. The van der Waals surface area contributed by atoms with Crippen molar-refractivity contribution in [2.75, 3.05) is 13.1 Å². The van der Waals surface area contributed by atoms with Gasteiger partial charge in [-0.2, -0.15) is 0 Å². The quantitative estimate of drug-likeness (QED) is 0.885. The summed E-state index contributed by atoms with van der Waals surface area (Å²) in [6.07, 6.45) is 3.16. The number of furan rings is 1. The summed E-state index contributed by atoms with van der Waals surface area (Å²) >= 11 is 0. The molecule has 1 atom stereocenters. The molecule has 0 aliphatic carbocycles. The fourth-order valence-electron chi connectivity index (χ4n) is 2.39. The van der Waals surface area contributed by atoms with Crippen LogP contribution >= 0.6 is 0 Å². The molecule has 0 saturated carbocycles. The molecule has 1 aliphatic rings. The van der Waals surface area contributed by atoms with Gasteiger partial charge in [-0.25, -0.2) is 4.79 Å². The number of nitrogens with one attached hydrogen (secondary N) is 2. The summed E-state index contributed by atoms with van der Waals surface area (Å²) in [4.78, 5) is 11.7. The largest absolute Gasteiger partial charge is 0.488 e. The lowest BCUT2D eigenvalue weighted by atomic mass is 10.1. The molecule has 0 unspecified atom stereocenters. The van der Waals surface area contributed by atoms with Crippen LogP contribution in [-0.2, 0) is 12.8 Å². The molecule has 0 spiro atoms. The molecular formula is C16H18N2O3. The van der Waals surface area contributed by atoms with Gasteiger partial charge in [0.1, 0.15) is 17.6 Å². The fourth-order valence-corrected chi connectivity index (χ4v) is 2.39. The lowest BCUT2D eigenvalue weighted by Gasteiger charge is -2.12. The van der Waals surface area contributed by atoms with E-state index in [1.54, 1.807) is 6.26 Å². The highest BCUT2D eigenvalue weighted by Crippen LogP contribution is 2.27. The van der Waals surface area contributed by atoms with Gasteiger partial charge in [-0.1, -0.05) is 18.2 Å². The highest BCUT2D eigenvalue weighted by Gasteiger charge is 2.22. The zero-order valence-electron chi connectivity index (χ0n) is 11.7. The van der Waals surface area contributed by atoms with Gasteiger partial charge in [-0.3, -0.25) is 0 Å². The predicted octanol–water partition coefficient (Wildman–Crippen LogP) is 2.12. The highest BCUT2D eigenvalue weighted by molar-refractivity contribution is 5.73. The number of hydrogen-bond acceptors (Lipinski definition) is 3. The zero-order chi connectivity index (χ0) is 14.5. The first-order chi connectivity index (χ1) is 10.3. The standard InChI is InChI=1S/C16H18N2O3/c19-16(17-8-7-13-5-3-9-20-13)18-11-14-10-12-4-1-2-6-15(12)21-14/h1-6,9,14H,7-8,10-11H2,(H2,17,18,19)/t14-/m0/s1. The molecule has 5 heteroatoms. The minimum Gasteiger partial charge on any atom is -0.488 e. The molecule has 0 radical (unpaired) electrons. The Morgan fingerprint density at radius 3 is 2.90 bits per heavy atom. The molecule has 0 saturated heterocycles. The molecule has 2 heterocycles. The van der Waals surface area contributed by atoms with Gasteiger partial charge >= 0.3 is 6.03 Å². The van der Waals surface area contributed by atoms with Crippen molar-refractivity contribution >= 4 is 6.03 Å². The SMILES string of the molecule is O=C(NCCc1ccco1)NC[C@@H]1Cc2ccccc2O1. The number of ether oxygens (including phenoxy) is 1. The van der Waals surface area contributed by atoms with Crippen molar-refractivity contribution in [3.8, 4) is 5.75 Å². The van der Waals surface area contributed by atoms with Crippen molar-refractivity contribution in [2.45, 2.75) is 18.9 Å². The Morgan fingerprint density at radius 1 is 1.19 bits per heavy atom. The Kier molecular flexibility index (Phi) is 4.09. The van der Waals surface area contributed by atoms with Crippen molar-refractivity contribution in [3.63, 3.8) is 0 Å². The number of carbonyl (C=O) groups is 1. The van der Waals surface area contributed by atoms with Crippen LogP contribution in [-0.4, -0.2) is 25.2 Å². The summed E-state index contributed by atoms with van der Waals surface area (Å²) < 4.78 is 11.0. The average molecular weight is 286 g/mol. The van der Waals surface area contributed by atoms with Crippen LogP contribution in [0.1, 0.15) is 11.3 Å². The Bertz CT molecular complexity index is 570. The second-order valence-electron chi connectivity index (χ2n) is 5.02. The van der Waals surface area contributed by atoms with Gasteiger partial charge in [0.05, 0.1) is 12.8 Å². The first-order valence-electron chi connectivity index (χ1n) is 7.10. The van der Waals surface area contributed by atoms with Crippen LogP contribution in [0, 0.1) is 0 Å². The van der Waals surface area contributed by atoms with Crippen molar-refractivity contribution < 1.29 is 13.9 Å². The molecule has 3 rings (SSSR count). The molecule has 1 aliphatic heterocycles. The number of benzene rings is 1. The molecule has 2 amide bonds. The third kappa shape index (κ3) is 3.56. The number of fused-ring (bicyclic) bond motifs is 1. The summed E-state index contributed by atoms with van der Waals surface area (Å²) in [5.74, 6) is 1.78. The first kappa shape index (κ1) is 13.5. The van der Waals surface area contributed by atoms with E-state index in [1.165, 1.54) is 5.56 Å². The van der Waals surface area contributed by atoms with E-state index in [0.717, 1.165) is 17.9 Å². The Balaban J connectivity index is 1.35. The maximum absolute atomic E-state index is 11.7. The minimum atomic E-state index is -0.180. The summed E-state index contributed by atoms with van der Waals surface area (Å²) in [5, 5.41) is 5.63. The van der Waals surface area contributed by atoms with Gasteiger partial charge in [0.2, 0.25) is 0 Å². The number of amides is 2. The lowest BCUT2D eigenvalue weighted by Crippen LogP contribution is -2.41. The fraction of sp³-hybridized carbons (Fsp3) is 0.312. The van der Waals surface area contributed by atoms with E-state index in [1.807, 2.05) is 30.3 Å².